The molecule has 0 aliphatic carbocycles. The molecule has 1 fully saturated rings. The molecule has 2 N–H and O–H groups in total. The molecule has 1 saturated heterocycles. The van der Waals surface area contributed by atoms with Crippen LogP contribution in [0.4, 0.5) is 0 Å². The van der Waals surface area contributed by atoms with E-state index in [-0.39, 0.29) is 25.2 Å². The number of nitrogens with zero attached hydrogens (tertiary/aromatic N) is 1. The van der Waals surface area contributed by atoms with Crippen molar-refractivity contribution in [2.75, 3.05) is 26.3 Å². The third-order valence-corrected chi connectivity index (χ3v) is 3.67. The predicted octanol–water partition coefficient (Wildman–Crippen LogP) is 1.49. The zero-order valence-electron chi connectivity index (χ0n) is 11.9. The number of carboxylic acids is 1. The van der Waals surface area contributed by atoms with Crippen LogP contribution >= 0.6 is 0 Å². The van der Waals surface area contributed by atoms with Crippen LogP contribution in [0.15, 0.2) is 0 Å². The van der Waals surface area contributed by atoms with Crippen molar-refractivity contribution in [3.05, 3.63) is 0 Å². The summed E-state index contributed by atoms with van der Waals surface area (Å²) in [5, 5.41) is 18.5. The van der Waals surface area contributed by atoms with Crippen LogP contribution in [0.2, 0.25) is 0 Å². The van der Waals surface area contributed by atoms with Crippen molar-refractivity contribution >= 4 is 5.97 Å². The molecule has 0 amide bonds. The number of aliphatic hydroxyl groups excluding tert-OH is 1. The number of hydrogen-bond acceptors (Lipinski definition) is 4. The third-order valence-electron chi connectivity index (χ3n) is 3.67. The van der Waals surface area contributed by atoms with Gasteiger partial charge in [-0.25, -0.2) is 0 Å². The Labute approximate surface area is 115 Å². The Morgan fingerprint density at radius 1 is 1.37 bits per heavy atom. The van der Waals surface area contributed by atoms with Crippen molar-refractivity contribution in [2.24, 2.45) is 0 Å². The topological polar surface area (TPSA) is 70.0 Å². The van der Waals surface area contributed by atoms with Gasteiger partial charge in [0.25, 0.3) is 0 Å². The molecule has 0 saturated carbocycles. The van der Waals surface area contributed by atoms with Gasteiger partial charge in [0.15, 0.2) is 0 Å². The van der Waals surface area contributed by atoms with Gasteiger partial charge in [-0.15, -0.1) is 0 Å². The number of aliphatic hydroxyl groups is 1. The summed E-state index contributed by atoms with van der Waals surface area (Å²) in [4.78, 5) is 12.7. The quantitative estimate of drug-likeness (QED) is 0.590. The molecular weight excluding hydrogens is 246 g/mol. The van der Waals surface area contributed by atoms with Crippen LogP contribution in [-0.4, -0.2) is 59.5 Å². The molecule has 19 heavy (non-hydrogen) atoms. The smallest absolute Gasteiger partial charge is 0.305 e. The Balaban J connectivity index is 2.21. The van der Waals surface area contributed by atoms with Crippen molar-refractivity contribution < 1.29 is 19.7 Å². The molecule has 0 aromatic rings. The van der Waals surface area contributed by atoms with E-state index in [1.54, 1.807) is 0 Å². The van der Waals surface area contributed by atoms with E-state index in [4.69, 9.17) is 9.84 Å². The fraction of sp³-hybridized carbons (Fsp3) is 0.929. The second-order valence-corrected chi connectivity index (χ2v) is 5.24. The molecule has 0 radical (unpaired) electrons. The maximum atomic E-state index is 10.4. The van der Waals surface area contributed by atoms with Gasteiger partial charge in [0.05, 0.1) is 31.8 Å². The minimum Gasteiger partial charge on any atom is -0.481 e. The molecule has 1 aliphatic rings. The highest BCUT2D eigenvalue weighted by Crippen LogP contribution is 2.19. The van der Waals surface area contributed by atoms with Crippen molar-refractivity contribution in [3.8, 4) is 0 Å². The van der Waals surface area contributed by atoms with Gasteiger partial charge in [-0.3, -0.25) is 9.69 Å². The Bertz CT molecular complexity index is 260. The number of hydrogen-bond donors (Lipinski definition) is 2. The van der Waals surface area contributed by atoms with E-state index in [2.05, 4.69) is 11.8 Å². The zero-order chi connectivity index (χ0) is 14.1. The molecule has 1 heterocycles. The van der Waals surface area contributed by atoms with Crippen LogP contribution in [0.1, 0.15) is 45.4 Å². The Kier molecular flexibility index (Phi) is 8.02. The predicted molar refractivity (Wildman–Crippen MR) is 73.2 cm³/mol. The molecule has 112 valence electrons. The van der Waals surface area contributed by atoms with E-state index >= 15 is 0 Å². The Hall–Kier alpha value is -0.650. The summed E-state index contributed by atoms with van der Waals surface area (Å²) in [6.45, 7) is 4.77. The molecular formula is C14H27NO4. The van der Waals surface area contributed by atoms with Crippen LogP contribution in [-0.2, 0) is 9.53 Å². The zero-order valence-corrected chi connectivity index (χ0v) is 11.9. The summed E-state index contributed by atoms with van der Waals surface area (Å²) in [6.07, 6.45) is 5.36. The van der Waals surface area contributed by atoms with E-state index in [0.717, 1.165) is 25.9 Å². The van der Waals surface area contributed by atoms with Gasteiger partial charge in [-0.2, -0.15) is 0 Å². The molecule has 2 atom stereocenters. The fourth-order valence-corrected chi connectivity index (χ4v) is 2.50. The van der Waals surface area contributed by atoms with Crippen LogP contribution in [0.25, 0.3) is 0 Å². The van der Waals surface area contributed by atoms with Crippen LogP contribution in [0, 0.1) is 0 Å². The van der Waals surface area contributed by atoms with Gasteiger partial charge in [0.2, 0.25) is 0 Å². The number of ether oxygens (including phenoxy) is 1. The lowest BCUT2D eigenvalue weighted by Gasteiger charge is -2.25. The van der Waals surface area contributed by atoms with E-state index in [0.29, 0.717) is 6.61 Å². The lowest BCUT2D eigenvalue weighted by atomic mass is 10.1. The molecule has 0 unspecified atom stereocenters. The van der Waals surface area contributed by atoms with E-state index in [1.165, 1.54) is 19.3 Å². The monoisotopic (exact) mass is 273 g/mol. The summed E-state index contributed by atoms with van der Waals surface area (Å²) in [7, 11) is 0. The van der Waals surface area contributed by atoms with Crippen molar-refractivity contribution in [2.45, 2.75) is 57.6 Å². The standard InChI is InChI=1S/C14H27NO4/c1-2-3-4-5-8-15-9-6-13(16)12(15)11-19-10-7-14(17)18/h12-13,16H,2-11H2,1H3,(H,17,18)/t12-,13+/m1/s1. The van der Waals surface area contributed by atoms with E-state index in [9.17, 15) is 9.90 Å². The summed E-state index contributed by atoms with van der Waals surface area (Å²) < 4.78 is 5.37. The Morgan fingerprint density at radius 2 is 2.16 bits per heavy atom. The maximum Gasteiger partial charge on any atom is 0.305 e. The summed E-state index contributed by atoms with van der Waals surface area (Å²) >= 11 is 0. The summed E-state index contributed by atoms with van der Waals surface area (Å²) in [6, 6.07) is 0.0374. The van der Waals surface area contributed by atoms with Crippen LogP contribution in [0.3, 0.4) is 0 Å². The highest BCUT2D eigenvalue weighted by Gasteiger charge is 2.32. The molecule has 0 aromatic heterocycles. The highest BCUT2D eigenvalue weighted by atomic mass is 16.5. The summed E-state index contributed by atoms with van der Waals surface area (Å²) in [5.41, 5.74) is 0. The average Bonchev–Trinajstić information content (AvgIpc) is 2.71. The highest BCUT2D eigenvalue weighted by molar-refractivity contribution is 5.66. The number of likely N-dealkylation sites (tertiary alicyclic amines) is 1. The van der Waals surface area contributed by atoms with E-state index < -0.39 is 5.97 Å². The minimum absolute atomic E-state index is 0.0271. The normalized spacial score (nSPS) is 23.9. The third kappa shape index (κ3) is 6.36. The number of carbonyl (C=O) groups is 1. The van der Waals surface area contributed by atoms with Crippen molar-refractivity contribution in [1.29, 1.82) is 0 Å². The van der Waals surface area contributed by atoms with Crippen LogP contribution < -0.4 is 0 Å². The molecule has 5 heteroatoms. The lowest BCUT2D eigenvalue weighted by molar-refractivity contribution is -0.138. The molecule has 0 aromatic carbocycles. The number of unbranched alkanes of at least 4 members (excludes halogenated alkanes) is 3. The first-order valence-electron chi connectivity index (χ1n) is 7.36. The van der Waals surface area contributed by atoms with Gasteiger partial charge in [-0.1, -0.05) is 26.2 Å². The first-order chi connectivity index (χ1) is 9.15. The number of rotatable bonds is 10. The van der Waals surface area contributed by atoms with Gasteiger partial charge in [0, 0.05) is 6.54 Å². The number of carboxylic acid groups (broad SMARTS) is 1. The van der Waals surface area contributed by atoms with Crippen molar-refractivity contribution in [1.82, 2.24) is 4.90 Å². The molecule has 1 rings (SSSR count). The van der Waals surface area contributed by atoms with Gasteiger partial charge < -0.3 is 14.9 Å². The lowest BCUT2D eigenvalue weighted by Crippen LogP contribution is -2.39. The SMILES string of the molecule is CCCCCCN1CC[C@H](O)[C@H]1COCCC(=O)O. The maximum absolute atomic E-state index is 10.4. The van der Waals surface area contributed by atoms with Gasteiger partial charge >= 0.3 is 5.97 Å². The second-order valence-electron chi connectivity index (χ2n) is 5.24. The number of aliphatic carboxylic acids is 1. The first-order valence-corrected chi connectivity index (χ1v) is 7.36. The van der Waals surface area contributed by atoms with Gasteiger partial charge in [-0.05, 0) is 19.4 Å². The van der Waals surface area contributed by atoms with Crippen molar-refractivity contribution in [3.63, 3.8) is 0 Å². The first kappa shape index (κ1) is 16.4. The molecule has 5 nitrogen and oxygen atoms in total. The van der Waals surface area contributed by atoms with E-state index in [1.807, 2.05) is 0 Å². The fourth-order valence-electron chi connectivity index (χ4n) is 2.50. The summed E-state index contributed by atoms with van der Waals surface area (Å²) in [5.74, 6) is -0.844. The second kappa shape index (κ2) is 9.28. The van der Waals surface area contributed by atoms with Gasteiger partial charge in [0.1, 0.15) is 0 Å². The molecule has 0 bridgehead atoms. The molecule has 1 aliphatic heterocycles. The largest absolute Gasteiger partial charge is 0.481 e. The minimum atomic E-state index is -0.844. The Morgan fingerprint density at radius 3 is 2.84 bits per heavy atom. The molecule has 0 spiro atoms. The average molecular weight is 273 g/mol. The van der Waals surface area contributed by atoms with Crippen LogP contribution in [0.5, 0.6) is 0 Å².